The molecule has 1 N–H and O–H groups in total. The molecule has 2 rings (SSSR count). The van der Waals surface area contributed by atoms with Gasteiger partial charge in [0.1, 0.15) is 11.6 Å². The second-order valence-corrected chi connectivity index (χ2v) is 5.67. The molecule has 2 aromatic carbocycles. The van der Waals surface area contributed by atoms with Gasteiger partial charge in [-0.15, -0.1) is 0 Å². The molecule has 0 saturated carbocycles. The minimum absolute atomic E-state index is 0.172. The number of nitrogens with one attached hydrogen (secondary N) is 1. The van der Waals surface area contributed by atoms with Crippen molar-refractivity contribution in [3.63, 3.8) is 0 Å². The van der Waals surface area contributed by atoms with Gasteiger partial charge in [0.05, 0.1) is 12.6 Å². The maximum atomic E-state index is 13.2. The van der Waals surface area contributed by atoms with Crippen LogP contribution < -0.4 is 10.1 Å². The number of rotatable bonds is 7. The van der Waals surface area contributed by atoms with Crippen LogP contribution in [0.5, 0.6) is 5.75 Å². The number of anilines is 1. The van der Waals surface area contributed by atoms with Crippen LogP contribution in [0.2, 0.25) is 0 Å². The Labute approximate surface area is 142 Å². The summed E-state index contributed by atoms with van der Waals surface area (Å²) in [6.07, 6.45) is 0. The van der Waals surface area contributed by atoms with E-state index in [9.17, 15) is 9.18 Å². The minimum Gasteiger partial charge on any atom is -0.494 e. The van der Waals surface area contributed by atoms with Crippen LogP contribution >= 0.6 is 0 Å². The van der Waals surface area contributed by atoms with Crippen molar-refractivity contribution in [2.24, 2.45) is 0 Å². The molecule has 24 heavy (non-hydrogen) atoms. The summed E-state index contributed by atoms with van der Waals surface area (Å²) in [4.78, 5) is 14.2. The zero-order valence-electron chi connectivity index (χ0n) is 14.3. The molecule has 2 aromatic rings. The molecule has 0 aliphatic carbocycles. The number of benzene rings is 2. The van der Waals surface area contributed by atoms with Crippen molar-refractivity contribution >= 4 is 11.6 Å². The monoisotopic (exact) mass is 330 g/mol. The molecule has 0 radical (unpaired) electrons. The zero-order valence-corrected chi connectivity index (χ0v) is 14.3. The van der Waals surface area contributed by atoms with Gasteiger partial charge < -0.3 is 10.1 Å². The van der Waals surface area contributed by atoms with Crippen LogP contribution in [0.15, 0.2) is 48.5 Å². The molecule has 0 bridgehead atoms. The van der Waals surface area contributed by atoms with Gasteiger partial charge in [-0.2, -0.15) is 0 Å². The molecule has 0 aliphatic heterocycles. The van der Waals surface area contributed by atoms with E-state index < -0.39 is 0 Å². The Kier molecular flexibility index (Phi) is 6.32. The largest absolute Gasteiger partial charge is 0.494 e. The molecular weight excluding hydrogens is 307 g/mol. The molecule has 0 fully saturated rings. The normalized spacial score (nSPS) is 12.0. The van der Waals surface area contributed by atoms with E-state index >= 15 is 0 Å². The molecule has 0 saturated heterocycles. The lowest BCUT2D eigenvalue weighted by Gasteiger charge is -2.24. The van der Waals surface area contributed by atoms with Crippen LogP contribution in [-0.4, -0.2) is 30.5 Å². The highest BCUT2D eigenvalue weighted by Gasteiger charge is 2.18. The van der Waals surface area contributed by atoms with Crippen LogP contribution in [0.3, 0.4) is 0 Å². The SMILES string of the molecule is CCOc1ccc(CN(C)[C@H](C)C(=O)Nc2cccc(F)c2)cc1. The van der Waals surface area contributed by atoms with E-state index in [0.29, 0.717) is 18.8 Å². The third kappa shape index (κ3) is 5.06. The van der Waals surface area contributed by atoms with Crippen molar-refractivity contribution in [3.05, 3.63) is 59.9 Å². The molecule has 1 atom stereocenters. The minimum atomic E-state index is -0.372. The summed E-state index contributed by atoms with van der Waals surface area (Å²) in [6, 6.07) is 13.3. The number of halogens is 1. The molecule has 5 heteroatoms. The highest BCUT2D eigenvalue weighted by Crippen LogP contribution is 2.15. The van der Waals surface area contributed by atoms with E-state index in [1.165, 1.54) is 12.1 Å². The number of hydrogen-bond donors (Lipinski definition) is 1. The second kappa shape index (κ2) is 8.45. The van der Waals surface area contributed by atoms with Gasteiger partial charge in [0, 0.05) is 12.2 Å². The number of hydrogen-bond acceptors (Lipinski definition) is 3. The predicted molar refractivity (Wildman–Crippen MR) is 93.6 cm³/mol. The lowest BCUT2D eigenvalue weighted by Crippen LogP contribution is -2.39. The number of carbonyl (C=O) groups is 1. The maximum absolute atomic E-state index is 13.2. The Bertz CT molecular complexity index is 673. The molecule has 4 nitrogen and oxygen atoms in total. The highest BCUT2D eigenvalue weighted by atomic mass is 19.1. The van der Waals surface area contributed by atoms with Crippen molar-refractivity contribution in [3.8, 4) is 5.75 Å². The van der Waals surface area contributed by atoms with E-state index in [0.717, 1.165) is 11.3 Å². The summed E-state index contributed by atoms with van der Waals surface area (Å²) in [6.45, 7) is 5.03. The van der Waals surface area contributed by atoms with Crippen LogP contribution in [0.4, 0.5) is 10.1 Å². The van der Waals surface area contributed by atoms with Gasteiger partial charge in [0.15, 0.2) is 0 Å². The van der Waals surface area contributed by atoms with Crippen LogP contribution in [0, 0.1) is 5.82 Å². The van der Waals surface area contributed by atoms with Gasteiger partial charge in [-0.25, -0.2) is 4.39 Å². The molecule has 0 spiro atoms. The number of ether oxygens (including phenoxy) is 1. The zero-order chi connectivity index (χ0) is 17.5. The van der Waals surface area contributed by atoms with Gasteiger partial charge in [0.2, 0.25) is 5.91 Å². The molecule has 128 valence electrons. The molecular formula is C19H23FN2O2. The maximum Gasteiger partial charge on any atom is 0.241 e. The summed E-state index contributed by atoms with van der Waals surface area (Å²) in [5, 5.41) is 2.73. The average molecular weight is 330 g/mol. The molecule has 0 aromatic heterocycles. The first kappa shape index (κ1) is 17.9. The summed E-state index contributed by atoms with van der Waals surface area (Å²) >= 11 is 0. The number of nitrogens with zero attached hydrogens (tertiary/aromatic N) is 1. The summed E-state index contributed by atoms with van der Waals surface area (Å²) in [7, 11) is 1.88. The number of amides is 1. The first-order valence-corrected chi connectivity index (χ1v) is 7.98. The fraction of sp³-hybridized carbons (Fsp3) is 0.316. The summed E-state index contributed by atoms with van der Waals surface area (Å²) in [5.41, 5.74) is 1.55. The number of likely N-dealkylation sites (N-methyl/N-ethyl adjacent to an activating group) is 1. The Morgan fingerprint density at radius 1 is 1.25 bits per heavy atom. The smallest absolute Gasteiger partial charge is 0.241 e. The standard InChI is InChI=1S/C19H23FN2O2/c1-4-24-18-10-8-15(9-11-18)13-22(3)14(2)19(23)21-17-7-5-6-16(20)12-17/h5-12,14H,4,13H2,1-3H3,(H,21,23)/t14-/m1/s1. The fourth-order valence-electron chi connectivity index (χ4n) is 2.30. The van der Waals surface area contributed by atoms with Crippen molar-refractivity contribution in [2.75, 3.05) is 19.0 Å². The van der Waals surface area contributed by atoms with Gasteiger partial charge in [-0.3, -0.25) is 9.69 Å². The molecule has 1 amide bonds. The van der Waals surface area contributed by atoms with Gasteiger partial charge in [-0.1, -0.05) is 18.2 Å². The van der Waals surface area contributed by atoms with Crippen molar-refractivity contribution in [1.29, 1.82) is 0 Å². The Hall–Kier alpha value is -2.40. The summed E-state index contributed by atoms with van der Waals surface area (Å²) < 4.78 is 18.6. The van der Waals surface area contributed by atoms with Gasteiger partial charge in [-0.05, 0) is 56.8 Å². The fourth-order valence-corrected chi connectivity index (χ4v) is 2.30. The topological polar surface area (TPSA) is 41.6 Å². The summed E-state index contributed by atoms with van der Waals surface area (Å²) in [5.74, 6) is 0.290. The average Bonchev–Trinajstić information content (AvgIpc) is 2.56. The Balaban J connectivity index is 1.93. The van der Waals surface area contributed by atoms with E-state index in [-0.39, 0.29) is 17.8 Å². The van der Waals surface area contributed by atoms with Gasteiger partial charge in [0.25, 0.3) is 0 Å². The molecule has 0 heterocycles. The second-order valence-electron chi connectivity index (χ2n) is 5.67. The quantitative estimate of drug-likeness (QED) is 0.842. The molecule has 0 unspecified atom stereocenters. The van der Waals surface area contributed by atoms with E-state index in [1.54, 1.807) is 12.1 Å². The first-order chi connectivity index (χ1) is 11.5. The van der Waals surface area contributed by atoms with Crippen molar-refractivity contribution in [1.82, 2.24) is 4.90 Å². The Morgan fingerprint density at radius 3 is 2.58 bits per heavy atom. The third-order valence-electron chi connectivity index (χ3n) is 3.80. The van der Waals surface area contributed by atoms with Crippen LogP contribution in [0.1, 0.15) is 19.4 Å². The lowest BCUT2D eigenvalue weighted by molar-refractivity contribution is -0.120. The Morgan fingerprint density at radius 2 is 1.96 bits per heavy atom. The highest BCUT2D eigenvalue weighted by molar-refractivity contribution is 5.94. The first-order valence-electron chi connectivity index (χ1n) is 7.98. The molecule has 0 aliphatic rings. The van der Waals surface area contributed by atoms with Crippen LogP contribution in [-0.2, 0) is 11.3 Å². The third-order valence-corrected chi connectivity index (χ3v) is 3.80. The van der Waals surface area contributed by atoms with Gasteiger partial charge >= 0.3 is 0 Å². The van der Waals surface area contributed by atoms with E-state index in [4.69, 9.17) is 4.74 Å². The van der Waals surface area contributed by atoms with E-state index in [1.807, 2.05) is 50.1 Å². The predicted octanol–water partition coefficient (Wildman–Crippen LogP) is 3.68. The lowest BCUT2D eigenvalue weighted by atomic mass is 10.1. The van der Waals surface area contributed by atoms with E-state index in [2.05, 4.69) is 5.32 Å². The van der Waals surface area contributed by atoms with Crippen molar-refractivity contribution in [2.45, 2.75) is 26.4 Å². The van der Waals surface area contributed by atoms with Crippen LogP contribution in [0.25, 0.3) is 0 Å². The number of carbonyl (C=O) groups excluding carboxylic acids is 1. The van der Waals surface area contributed by atoms with Crippen molar-refractivity contribution < 1.29 is 13.9 Å².